The molecule has 1 aromatic heterocycles. The van der Waals surface area contributed by atoms with E-state index >= 15 is 0 Å². The second-order valence-corrected chi connectivity index (χ2v) is 4.19. The summed E-state index contributed by atoms with van der Waals surface area (Å²) in [5.41, 5.74) is 0.603. The fraction of sp³-hybridized carbons (Fsp3) is 0.231. The van der Waals surface area contributed by atoms with E-state index in [2.05, 4.69) is 20.0 Å². The molecule has 1 N–H and O–H groups in total. The fourth-order valence-electron chi connectivity index (χ4n) is 1.56. The van der Waals surface area contributed by atoms with Crippen LogP contribution in [0.15, 0.2) is 36.7 Å². The summed E-state index contributed by atoms with van der Waals surface area (Å²) in [7, 11) is 3.73. The predicted octanol–water partition coefficient (Wildman–Crippen LogP) is 2.89. The third-order valence-electron chi connectivity index (χ3n) is 2.44. The zero-order valence-electron chi connectivity index (χ0n) is 11.0. The number of halogens is 2. The second kappa shape index (κ2) is 6.14. The molecular formula is C13H14F2N4O. The molecule has 0 spiro atoms. The number of anilines is 3. The zero-order chi connectivity index (χ0) is 14.5. The number of aromatic nitrogens is 2. The Balaban J connectivity index is 2.15. The maximum absolute atomic E-state index is 12.2. The summed E-state index contributed by atoms with van der Waals surface area (Å²) >= 11 is 0. The number of rotatable bonds is 5. The molecule has 0 atom stereocenters. The molecule has 0 saturated carbocycles. The fourth-order valence-corrected chi connectivity index (χ4v) is 1.56. The van der Waals surface area contributed by atoms with Gasteiger partial charge in [-0.15, -0.1) is 0 Å². The minimum absolute atomic E-state index is 0.0897. The maximum Gasteiger partial charge on any atom is 0.387 e. The van der Waals surface area contributed by atoms with E-state index in [4.69, 9.17) is 0 Å². The van der Waals surface area contributed by atoms with Crippen LogP contribution >= 0.6 is 0 Å². The van der Waals surface area contributed by atoms with Gasteiger partial charge in [0.25, 0.3) is 0 Å². The molecule has 106 valence electrons. The summed E-state index contributed by atoms with van der Waals surface area (Å²) in [5.74, 6) is 1.40. The number of hydrogen-bond donors (Lipinski definition) is 1. The molecule has 0 aliphatic rings. The highest BCUT2D eigenvalue weighted by Gasteiger charge is 2.06. The van der Waals surface area contributed by atoms with E-state index in [0.717, 1.165) is 5.82 Å². The van der Waals surface area contributed by atoms with Crippen LogP contribution in [0.3, 0.4) is 0 Å². The first-order valence-corrected chi connectivity index (χ1v) is 5.86. The van der Waals surface area contributed by atoms with E-state index in [0.29, 0.717) is 11.5 Å². The molecule has 5 nitrogen and oxygen atoms in total. The molecule has 0 fully saturated rings. The van der Waals surface area contributed by atoms with Gasteiger partial charge in [0.05, 0.1) is 0 Å². The summed E-state index contributed by atoms with van der Waals surface area (Å²) in [4.78, 5) is 9.99. The van der Waals surface area contributed by atoms with Gasteiger partial charge in [-0.3, -0.25) is 0 Å². The van der Waals surface area contributed by atoms with Crippen LogP contribution in [0.1, 0.15) is 0 Å². The standard InChI is InChI=1S/C13H14F2N4O/c1-19(2)12-7-11(16-8-17-12)18-9-4-3-5-10(6-9)20-13(14)15/h3-8,13H,1-2H3,(H,16,17,18). The number of ether oxygens (including phenoxy) is 1. The molecule has 1 heterocycles. The van der Waals surface area contributed by atoms with Crippen molar-refractivity contribution in [2.75, 3.05) is 24.3 Å². The summed E-state index contributed by atoms with van der Waals surface area (Å²) in [6, 6.07) is 8.04. The molecule has 0 saturated heterocycles. The van der Waals surface area contributed by atoms with Gasteiger partial charge in [0.15, 0.2) is 0 Å². The first kappa shape index (κ1) is 14.0. The van der Waals surface area contributed by atoms with Crippen LogP contribution in [0.4, 0.5) is 26.1 Å². The molecule has 0 bridgehead atoms. The monoisotopic (exact) mass is 280 g/mol. The lowest BCUT2D eigenvalue weighted by Crippen LogP contribution is -2.11. The van der Waals surface area contributed by atoms with Crippen LogP contribution in [0.25, 0.3) is 0 Å². The lowest BCUT2D eigenvalue weighted by Gasteiger charge is -2.13. The van der Waals surface area contributed by atoms with Gasteiger partial charge in [-0.1, -0.05) is 6.07 Å². The van der Waals surface area contributed by atoms with Crippen molar-refractivity contribution in [2.45, 2.75) is 6.61 Å². The van der Waals surface area contributed by atoms with Gasteiger partial charge in [0, 0.05) is 31.9 Å². The number of benzene rings is 1. The Morgan fingerprint density at radius 1 is 1.20 bits per heavy atom. The molecule has 0 amide bonds. The first-order valence-electron chi connectivity index (χ1n) is 5.86. The van der Waals surface area contributed by atoms with Crippen LogP contribution in [0.5, 0.6) is 5.75 Å². The van der Waals surface area contributed by atoms with Crippen molar-refractivity contribution >= 4 is 17.3 Å². The van der Waals surface area contributed by atoms with Crippen molar-refractivity contribution in [1.82, 2.24) is 9.97 Å². The number of alkyl halides is 2. The Morgan fingerprint density at radius 2 is 2.00 bits per heavy atom. The first-order chi connectivity index (χ1) is 9.54. The molecule has 2 rings (SSSR count). The van der Waals surface area contributed by atoms with Crippen LogP contribution < -0.4 is 15.0 Å². The minimum Gasteiger partial charge on any atom is -0.435 e. The molecule has 20 heavy (non-hydrogen) atoms. The van der Waals surface area contributed by atoms with E-state index in [1.807, 2.05) is 19.0 Å². The number of nitrogens with zero attached hydrogens (tertiary/aromatic N) is 3. The Morgan fingerprint density at radius 3 is 2.70 bits per heavy atom. The highest BCUT2D eigenvalue weighted by atomic mass is 19.3. The van der Waals surface area contributed by atoms with Crippen LogP contribution in [-0.4, -0.2) is 30.7 Å². The highest BCUT2D eigenvalue weighted by Crippen LogP contribution is 2.22. The van der Waals surface area contributed by atoms with Crippen molar-refractivity contribution in [1.29, 1.82) is 0 Å². The highest BCUT2D eigenvalue weighted by molar-refractivity contribution is 5.60. The van der Waals surface area contributed by atoms with Crippen molar-refractivity contribution < 1.29 is 13.5 Å². The number of hydrogen-bond acceptors (Lipinski definition) is 5. The Hall–Kier alpha value is -2.44. The van der Waals surface area contributed by atoms with Crippen LogP contribution in [0.2, 0.25) is 0 Å². The SMILES string of the molecule is CN(C)c1cc(Nc2cccc(OC(F)F)c2)ncn1. The van der Waals surface area contributed by atoms with Crippen LogP contribution in [0, 0.1) is 0 Å². The molecule has 0 radical (unpaired) electrons. The molecule has 0 unspecified atom stereocenters. The zero-order valence-corrected chi connectivity index (χ0v) is 11.0. The second-order valence-electron chi connectivity index (χ2n) is 4.19. The van der Waals surface area contributed by atoms with E-state index in [9.17, 15) is 8.78 Å². The normalized spacial score (nSPS) is 10.4. The average molecular weight is 280 g/mol. The Bertz CT molecular complexity index is 578. The van der Waals surface area contributed by atoms with Crippen molar-refractivity contribution in [3.05, 3.63) is 36.7 Å². The topological polar surface area (TPSA) is 50.3 Å². The van der Waals surface area contributed by atoms with Gasteiger partial charge in [0.1, 0.15) is 23.7 Å². The van der Waals surface area contributed by atoms with Crippen molar-refractivity contribution in [2.24, 2.45) is 0 Å². The maximum atomic E-state index is 12.2. The third-order valence-corrected chi connectivity index (χ3v) is 2.44. The van der Waals surface area contributed by atoms with Crippen molar-refractivity contribution in [3.8, 4) is 5.75 Å². The van der Waals surface area contributed by atoms with Crippen LogP contribution in [-0.2, 0) is 0 Å². The van der Waals surface area contributed by atoms with Gasteiger partial charge in [-0.2, -0.15) is 8.78 Å². The molecule has 2 aromatic rings. The molecule has 0 aliphatic carbocycles. The Labute approximate surface area is 115 Å². The quantitative estimate of drug-likeness (QED) is 0.912. The van der Waals surface area contributed by atoms with E-state index in [-0.39, 0.29) is 5.75 Å². The molecular weight excluding hydrogens is 266 g/mol. The molecule has 0 aliphatic heterocycles. The third kappa shape index (κ3) is 3.78. The minimum atomic E-state index is -2.84. The molecule has 7 heteroatoms. The molecule has 1 aromatic carbocycles. The lowest BCUT2D eigenvalue weighted by atomic mass is 10.3. The largest absolute Gasteiger partial charge is 0.435 e. The summed E-state index contributed by atoms with van der Waals surface area (Å²) < 4.78 is 28.6. The van der Waals surface area contributed by atoms with E-state index in [1.54, 1.807) is 18.2 Å². The van der Waals surface area contributed by atoms with Gasteiger partial charge in [0.2, 0.25) is 0 Å². The average Bonchev–Trinajstić information content (AvgIpc) is 2.38. The Kier molecular flexibility index (Phi) is 4.29. The summed E-state index contributed by atoms with van der Waals surface area (Å²) in [6.45, 7) is -2.84. The van der Waals surface area contributed by atoms with Gasteiger partial charge < -0.3 is 15.0 Å². The summed E-state index contributed by atoms with van der Waals surface area (Å²) in [5, 5.41) is 3.01. The van der Waals surface area contributed by atoms with E-state index in [1.165, 1.54) is 18.5 Å². The van der Waals surface area contributed by atoms with Gasteiger partial charge in [-0.25, -0.2) is 9.97 Å². The van der Waals surface area contributed by atoms with Gasteiger partial charge in [-0.05, 0) is 12.1 Å². The smallest absolute Gasteiger partial charge is 0.387 e. The lowest BCUT2D eigenvalue weighted by molar-refractivity contribution is -0.0497. The summed E-state index contributed by atoms with van der Waals surface area (Å²) in [6.07, 6.45) is 1.43. The van der Waals surface area contributed by atoms with E-state index < -0.39 is 6.61 Å². The van der Waals surface area contributed by atoms with Gasteiger partial charge >= 0.3 is 6.61 Å². The number of nitrogens with one attached hydrogen (secondary N) is 1. The van der Waals surface area contributed by atoms with Crippen molar-refractivity contribution in [3.63, 3.8) is 0 Å². The predicted molar refractivity (Wildman–Crippen MR) is 72.7 cm³/mol.